The van der Waals surface area contributed by atoms with Crippen LogP contribution in [0.4, 0.5) is 0 Å². The molecule has 0 aromatic rings. The van der Waals surface area contributed by atoms with Crippen LogP contribution in [0.2, 0.25) is 0 Å². The number of hydrogen-bond acceptors (Lipinski definition) is 3. The van der Waals surface area contributed by atoms with E-state index < -0.39 is 5.97 Å². The van der Waals surface area contributed by atoms with Crippen LogP contribution in [0.3, 0.4) is 0 Å². The standard InChI is InChI=1S/C12H19NO4/c1-7-4-9(6-17-7)11(14)13-10-3-2-8(5-10)12(15)16/h7-10H,2-6H2,1H3,(H,13,14)(H,15,16). The summed E-state index contributed by atoms with van der Waals surface area (Å²) in [5.41, 5.74) is 0. The lowest BCUT2D eigenvalue weighted by molar-refractivity contribution is -0.141. The molecule has 1 saturated heterocycles. The van der Waals surface area contributed by atoms with Crippen molar-refractivity contribution in [2.45, 2.75) is 44.8 Å². The zero-order valence-corrected chi connectivity index (χ0v) is 10.0. The van der Waals surface area contributed by atoms with E-state index >= 15 is 0 Å². The van der Waals surface area contributed by atoms with Crippen LogP contribution in [-0.4, -0.2) is 35.7 Å². The molecule has 0 radical (unpaired) electrons. The highest BCUT2D eigenvalue weighted by Gasteiger charge is 2.34. The minimum absolute atomic E-state index is 0.0189. The lowest BCUT2D eigenvalue weighted by Gasteiger charge is -2.15. The van der Waals surface area contributed by atoms with Crippen molar-refractivity contribution in [2.24, 2.45) is 11.8 Å². The van der Waals surface area contributed by atoms with Gasteiger partial charge in [-0.1, -0.05) is 0 Å². The Balaban J connectivity index is 1.78. The molecule has 2 aliphatic rings. The molecule has 1 saturated carbocycles. The second kappa shape index (κ2) is 5.04. The van der Waals surface area contributed by atoms with Gasteiger partial charge >= 0.3 is 5.97 Å². The molecule has 0 aromatic heterocycles. The Morgan fingerprint density at radius 3 is 2.53 bits per heavy atom. The maximum Gasteiger partial charge on any atom is 0.306 e. The second-order valence-electron chi connectivity index (χ2n) is 5.13. The van der Waals surface area contributed by atoms with Crippen molar-refractivity contribution >= 4 is 11.9 Å². The third-order valence-electron chi connectivity index (χ3n) is 3.70. The van der Waals surface area contributed by atoms with E-state index in [0.29, 0.717) is 19.4 Å². The Morgan fingerprint density at radius 2 is 2.00 bits per heavy atom. The Labute approximate surface area is 101 Å². The molecule has 5 nitrogen and oxygen atoms in total. The number of carbonyl (C=O) groups is 2. The van der Waals surface area contributed by atoms with Gasteiger partial charge in [0.15, 0.2) is 0 Å². The summed E-state index contributed by atoms with van der Waals surface area (Å²) in [5, 5.41) is 11.8. The summed E-state index contributed by atoms with van der Waals surface area (Å²) in [6.07, 6.45) is 2.91. The molecule has 0 aromatic carbocycles. The van der Waals surface area contributed by atoms with Crippen LogP contribution in [0, 0.1) is 11.8 Å². The van der Waals surface area contributed by atoms with E-state index in [-0.39, 0.29) is 29.9 Å². The van der Waals surface area contributed by atoms with Gasteiger partial charge in [0, 0.05) is 6.04 Å². The molecule has 0 spiro atoms. The van der Waals surface area contributed by atoms with Gasteiger partial charge in [-0.2, -0.15) is 0 Å². The average Bonchev–Trinajstić information content (AvgIpc) is 2.86. The SMILES string of the molecule is CC1CC(C(=O)NC2CCC(C(=O)O)C2)CO1. The Hall–Kier alpha value is -1.10. The highest BCUT2D eigenvalue weighted by Crippen LogP contribution is 2.26. The van der Waals surface area contributed by atoms with E-state index in [4.69, 9.17) is 9.84 Å². The number of carboxylic acid groups (broad SMARTS) is 1. The predicted octanol–water partition coefficient (Wildman–Crippen LogP) is 0.781. The second-order valence-corrected chi connectivity index (χ2v) is 5.13. The lowest BCUT2D eigenvalue weighted by Crippen LogP contribution is -2.38. The van der Waals surface area contributed by atoms with Gasteiger partial charge in [0.25, 0.3) is 0 Å². The number of hydrogen-bond donors (Lipinski definition) is 2. The average molecular weight is 241 g/mol. The van der Waals surface area contributed by atoms with Crippen molar-refractivity contribution in [1.29, 1.82) is 0 Å². The summed E-state index contributed by atoms with van der Waals surface area (Å²) >= 11 is 0. The van der Waals surface area contributed by atoms with Crippen LogP contribution in [-0.2, 0) is 14.3 Å². The quantitative estimate of drug-likeness (QED) is 0.765. The van der Waals surface area contributed by atoms with Crippen LogP contribution in [0.15, 0.2) is 0 Å². The molecule has 2 N–H and O–H groups in total. The summed E-state index contributed by atoms with van der Waals surface area (Å²) in [6, 6.07) is 0.0273. The first-order chi connectivity index (χ1) is 8.06. The molecule has 17 heavy (non-hydrogen) atoms. The van der Waals surface area contributed by atoms with Crippen molar-refractivity contribution in [3.8, 4) is 0 Å². The van der Waals surface area contributed by atoms with E-state index in [1.165, 1.54) is 0 Å². The largest absolute Gasteiger partial charge is 0.481 e. The van der Waals surface area contributed by atoms with Gasteiger partial charge in [-0.25, -0.2) is 0 Å². The van der Waals surface area contributed by atoms with Gasteiger partial charge < -0.3 is 15.2 Å². The molecule has 1 amide bonds. The molecule has 0 bridgehead atoms. The zero-order chi connectivity index (χ0) is 12.4. The first-order valence-corrected chi connectivity index (χ1v) is 6.21. The van der Waals surface area contributed by atoms with Gasteiger partial charge in [-0.15, -0.1) is 0 Å². The number of ether oxygens (including phenoxy) is 1. The number of nitrogens with one attached hydrogen (secondary N) is 1. The van der Waals surface area contributed by atoms with Crippen LogP contribution in [0.1, 0.15) is 32.6 Å². The fraction of sp³-hybridized carbons (Fsp3) is 0.833. The Morgan fingerprint density at radius 1 is 1.24 bits per heavy atom. The van der Waals surface area contributed by atoms with Gasteiger partial charge in [0.05, 0.1) is 24.5 Å². The lowest BCUT2D eigenvalue weighted by atomic mass is 10.0. The van der Waals surface area contributed by atoms with Gasteiger partial charge in [0.2, 0.25) is 5.91 Å². The maximum atomic E-state index is 11.9. The Bertz CT molecular complexity index is 318. The molecular weight excluding hydrogens is 222 g/mol. The number of aliphatic carboxylic acids is 1. The number of carboxylic acids is 1. The molecule has 1 aliphatic heterocycles. The monoisotopic (exact) mass is 241 g/mol. The van der Waals surface area contributed by atoms with Crippen molar-refractivity contribution in [2.75, 3.05) is 6.61 Å². The minimum atomic E-state index is -0.750. The molecule has 4 atom stereocenters. The predicted molar refractivity (Wildman–Crippen MR) is 60.4 cm³/mol. The van der Waals surface area contributed by atoms with E-state index in [1.807, 2.05) is 6.92 Å². The number of amides is 1. The van der Waals surface area contributed by atoms with Crippen LogP contribution < -0.4 is 5.32 Å². The van der Waals surface area contributed by atoms with Gasteiger partial charge in [-0.05, 0) is 32.6 Å². The molecule has 96 valence electrons. The van der Waals surface area contributed by atoms with Crippen LogP contribution >= 0.6 is 0 Å². The van der Waals surface area contributed by atoms with Crippen molar-refractivity contribution < 1.29 is 19.4 Å². The van der Waals surface area contributed by atoms with Crippen molar-refractivity contribution in [1.82, 2.24) is 5.32 Å². The number of rotatable bonds is 3. The molecule has 1 aliphatic carbocycles. The fourth-order valence-electron chi connectivity index (χ4n) is 2.66. The fourth-order valence-corrected chi connectivity index (χ4v) is 2.66. The van der Waals surface area contributed by atoms with Gasteiger partial charge in [-0.3, -0.25) is 9.59 Å². The molecule has 4 unspecified atom stereocenters. The smallest absolute Gasteiger partial charge is 0.306 e. The first kappa shape index (κ1) is 12.4. The summed E-state index contributed by atoms with van der Waals surface area (Å²) in [6.45, 7) is 2.45. The number of carbonyl (C=O) groups excluding carboxylic acids is 1. The zero-order valence-electron chi connectivity index (χ0n) is 10.0. The van der Waals surface area contributed by atoms with Gasteiger partial charge in [0.1, 0.15) is 0 Å². The third kappa shape index (κ3) is 2.97. The minimum Gasteiger partial charge on any atom is -0.481 e. The third-order valence-corrected chi connectivity index (χ3v) is 3.70. The Kier molecular flexibility index (Phi) is 3.66. The van der Waals surface area contributed by atoms with E-state index in [2.05, 4.69) is 5.32 Å². The highest BCUT2D eigenvalue weighted by atomic mass is 16.5. The summed E-state index contributed by atoms with van der Waals surface area (Å²) in [7, 11) is 0. The van der Waals surface area contributed by atoms with Crippen molar-refractivity contribution in [3.63, 3.8) is 0 Å². The maximum absolute atomic E-state index is 11.9. The normalized spacial score (nSPS) is 37.0. The first-order valence-electron chi connectivity index (χ1n) is 6.21. The summed E-state index contributed by atoms with van der Waals surface area (Å²) in [4.78, 5) is 22.7. The van der Waals surface area contributed by atoms with Crippen molar-refractivity contribution in [3.05, 3.63) is 0 Å². The van der Waals surface area contributed by atoms with Crippen LogP contribution in [0.5, 0.6) is 0 Å². The van der Waals surface area contributed by atoms with E-state index in [9.17, 15) is 9.59 Å². The molecular formula is C12H19NO4. The molecule has 1 heterocycles. The summed E-state index contributed by atoms with van der Waals surface area (Å²) < 4.78 is 5.36. The topological polar surface area (TPSA) is 75.6 Å². The van der Waals surface area contributed by atoms with E-state index in [1.54, 1.807) is 0 Å². The van der Waals surface area contributed by atoms with E-state index in [0.717, 1.165) is 12.8 Å². The van der Waals surface area contributed by atoms with Crippen LogP contribution in [0.25, 0.3) is 0 Å². The molecule has 2 fully saturated rings. The molecule has 2 rings (SSSR count). The summed E-state index contributed by atoms with van der Waals surface area (Å²) in [5.74, 6) is -1.09. The molecule has 5 heteroatoms. The highest BCUT2D eigenvalue weighted by molar-refractivity contribution is 5.79.